The Morgan fingerprint density at radius 1 is 1.16 bits per heavy atom. The van der Waals surface area contributed by atoms with Gasteiger partial charge < -0.3 is 4.42 Å². The van der Waals surface area contributed by atoms with Crippen LogP contribution in [0.4, 0.5) is 11.4 Å². The number of nitrogens with zero attached hydrogens (tertiary/aromatic N) is 2. The van der Waals surface area contributed by atoms with Gasteiger partial charge in [-0.1, -0.05) is 0 Å². The lowest BCUT2D eigenvalue weighted by Crippen LogP contribution is -1.87. The molecule has 0 spiro atoms. The number of oxazole rings is 1. The molecule has 0 atom stereocenters. The Bertz CT molecular complexity index is 734. The molecule has 1 aromatic heterocycles. The van der Waals surface area contributed by atoms with E-state index < -0.39 is 0 Å². The minimum atomic E-state index is 0.353. The smallest absolute Gasteiger partial charge is 0.227 e. The molecule has 3 aromatic rings. The van der Waals surface area contributed by atoms with Gasteiger partial charge in [-0.2, -0.15) is 0 Å². The zero-order valence-electron chi connectivity index (χ0n) is 9.70. The van der Waals surface area contributed by atoms with E-state index >= 15 is 0 Å². The van der Waals surface area contributed by atoms with Crippen LogP contribution >= 0.6 is 0 Å². The highest BCUT2D eigenvalue weighted by Crippen LogP contribution is 2.27. The maximum Gasteiger partial charge on any atom is 0.227 e. The zero-order valence-corrected chi connectivity index (χ0v) is 9.70. The van der Waals surface area contributed by atoms with E-state index in [0.29, 0.717) is 28.4 Å². The van der Waals surface area contributed by atoms with E-state index in [-0.39, 0.29) is 0 Å². The molecule has 0 unspecified atom stereocenters. The number of nitroso groups, excluding NO2 is 1. The number of hydrogen-bond acceptors (Lipinski definition) is 6. The molecule has 2 N–H and O–H groups in total. The number of fused-ring (bicyclic) bond motifs is 1. The van der Waals surface area contributed by atoms with E-state index in [0.717, 1.165) is 5.56 Å². The first kappa shape index (κ1) is 11.4. The van der Waals surface area contributed by atoms with Crippen molar-refractivity contribution in [3.63, 3.8) is 0 Å². The Morgan fingerprint density at radius 3 is 2.63 bits per heavy atom. The minimum absolute atomic E-state index is 0.353. The normalized spacial score (nSPS) is 10.6. The number of rotatable bonds is 3. The molecule has 0 aliphatic carbocycles. The average Bonchev–Trinajstić information content (AvgIpc) is 2.90. The molecular formula is C13H9N3O3. The molecule has 0 saturated heterocycles. The number of aromatic nitrogens is 1. The zero-order chi connectivity index (χ0) is 13.2. The van der Waals surface area contributed by atoms with Gasteiger partial charge in [-0.25, -0.2) is 4.98 Å². The summed E-state index contributed by atoms with van der Waals surface area (Å²) in [7, 11) is 0. The molecule has 0 fully saturated rings. The Hall–Kier alpha value is -2.73. The van der Waals surface area contributed by atoms with Gasteiger partial charge in [-0.3, -0.25) is 10.7 Å². The number of nitrogens with one attached hydrogen (secondary N) is 1. The van der Waals surface area contributed by atoms with Gasteiger partial charge >= 0.3 is 0 Å². The van der Waals surface area contributed by atoms with Crippen molar-refractivity contribution >= 4 is 22.5 Å². The van der Waals surface area contributed by atoms with E-state index in [1.165, 1.54) is 0 Å². The van der Waals surface area contributed by atoms with Gasteiger partial charge in [0, 0.05) is 5.56 Å². The molecule has 0 radical (unpaired) electrons. The topological polar surface area (TPSA) is 87.7 Å². The van der Waals surface area contributed by atoms with Crippen LogP contribution in [0.2, 0.25) is 0 Å². The molecule has 0 aliphatic rings. The van der Waals surface area contributed by atoms with E-state index in [9.17, 15) is 4.91 Å². The molecule has 94 valence electrons. The third-order valence-electron chi connectivity index (χ3n) is 2.74. The lowest BCUT2D eigenvalue weighted by atomic mass is 10.2. The van der Waals surface area contributed by atoms with Gasteiger partial charge in [-0.15, -0.1) is 4.91 Å². The largest absolute Gasteiger partial charge is 0.436 e. The summed E-state index contributed by atoms with van der Waals surface area (Å²) < 4.78 is 5.60. The lowest BCUT2D eigenvalue weighted by molar-refractivity contribution is 0.389. The van der Waals surface area contributed by atoms with Crippen LogP contribution in [0, 0.1) is 4.91 Å². The highest BCUT2D eigenvalue weighted by molar-refractivity contribution is 5.79. The Balaban J connectivity index is 2.06. The van der Waals surface area contributed by atoms with Crippen LogP contribution in [0.5, 0.6) is 0 Å². The summed E-state index contributed by atoms with van der Waals surface area (Å²) in [5.74, 6) is 0.447. The highest BCUT2D eigenvalue weighted by Gasteiger charge is 2.08. The SMILES string of the molecule is O=Nc1ccc(-c2nc3cc(NO)ccc3o2)cc1. The monoisotopic (exact) mass is 255 g/mol. The third-order valence-corrected chi connectivity index (χ3v) is 2.74. The molecule has 0 amide bonds. The third kappa shape index (κ3) is 2.04. The second-order valence-electron chi connectivity index (χ2n) is 3.95. The predicted octanol–water partition coefficient (Wildman–Crippen LogP) is 3.69. The molecule has 6 heteroatoms. The molecule has 0 aliphatic heterocycles. The van der Waals surface area contributed by atoms with Crippen LogP contribution in [0.3, 0.4) is 0 Å². The number of hydrogen-bond donors (Lipinski definition) is 2. The van der Waals surface area contributed by atoms with E-state index in [4.69, 9.17) is 9.62 Å². The summed E-state index contributed by atoms with van der Waals surface area (Å²) in [5, 5.41) is 11.7. The molecular weight excluding hydrogens is 246 g/mol. The first-order chi connectivity index (χ1) is 9.30. The van der Waals surface area contributed by atoms with Crippen molar-refractivity contribution in [2.45, 2.75) is 0 Å². The van der Waals surface area contributed by atoms with Crippen molar-refractivity contribution in [1.29, 1.82) is 0 Å². The maximum atomic E-state index is 10.3. The quantitative estimate of drug-likeness (QED) is 0.550. The van der Waals surface area contributed by atoms with Gasteiger partial charge in [-0.05, 0) is 47.6 Å². The summed E-state index contributed by atoms with van der Waals surface area (Å²) in [6.45, 7) is 0. The van der Waals surface area contributed by atoms with E-state index in [2.05, 4.69) is 15.6 Å². The van der Waals surface area contributed by atoms with Crippen LogP contribution in [-0.2, 0) is 0 Å². The summed E-state index contributed by atoms with van der Waals surface area (Å²) >= 11 is 0. The fourth-order valence-corrected chi connectivity index (χ4v) is 1.79. The lowest BCUT2D eigenvalue weighted by Gasteiger charge is -1.94. The van der Waals surface area contributed by atoms with Crippen molar-refractivity contribution in [2.24, 2.45) is 5.18 Å². The maximum absolute atomic E-state index is 10.3. The van der Waals surface area contributed by atoms with E-state index in [1.807, 2.05) is 0 Å². The fraction of sp³-hybridized carbons (Fsp3) is 0. The van der Waals surface area contributed by atoms with E-state index in [1.54, 1.807) is 42.5 Å². The van der Waals surface area contributed by atoms with Crippen molar-refractivity contribution < 1.29 is 9.62 Å². The van der Waals surface area contributed by atoms with Gasteiger partial charge in [0.05, 0.1) is 5.69 Å². The number of benzene rings is 2. The second-order valence-corrected chi connectivity index (χ2v) is 3.95. The summed E-state index contributed by atoms with van der Waals surface area (Å²) in [4.78, 5) is 14.7. The fourth-order valence-electron chi connectivity index (χ4n) is 1.79. The van der Waals surface area contributed by atoms with Crippen LogP contribution in [0.15, 0.2) is 52.1 Å². The van der Waals surface area contributed by atoms with Crippen molar-refractivity contribution in [3.05, 3.63) is 47.4 Å². The molecule has 6 nitrogen and oxygen atoms in total. The van der Waals surface area contributed by atoms with Crippen molar-refractivity contribution in [1.82, 2.24) is 4.98 Å². The summed E-state index contributed by atoms with van der Waals surface area (Å²) in [6.07, 6.45) is 0. The van der Waals surface area contributed by atoms with Crippen LogP contribution < -0.4 is 5.48 Å². The van der Waals surface area contributed by atoms with Crippen LogP contribution in [0.1, 0.15) is 0 Å². The molecule has 19 heavy (non-hydrogen) atoms. The van der Waals surface area contributed by atoms with Gasteiger partial charge in [0.15, 0.2) is 5.58 Å². The van der Waals surface area contributed by atoms with Gasteiger partial charge in [0.25, 0.3) is 0 Å². The first-order valence-corrected chi connectivity index (χ1v) is 5.54. The minimum Gasteiger partial charge on any atom is -0.436 e. The molecule has 0 bridgehead atoms. The van der Waals surface area contributed by atoms with Crippen molar-refractivity contribution in [2.75, 3.05) is 5.48 Å². The summed E-state index contributed by atoms with van der Waals surface area (Å²) in [5.41, 5.74) is 4.94. The Kier molecular flexibility index (Phi) is 2.70. The predicted molar refractivity (Wildman–Crippen MR) is 70.3 cm³/mol. The molecule has 2 aromatic carbocycles. The molecule has 3 rings (SSSR count). The van der Waals surface area contributed by atoms with Gasteiger partial charge in [0.1, 0.15) is 11.2 Å². The van der Waals surface area contributed by atoms with Crippen molar-refractivity contribution in [3.8, 4) is 11.5 Å². The van der Waals surface area contributed by atoms with Gasteiger partial charge in [0.2, 0.25) is 5.89 Å². The second kappa shape index (κ2) is 4.51. The number of anilines is 1. The Labute approximate surface area is 107 Å². The Morgan fingerprint density at radius 2 is 1.95 bits per heavy atom. The standard InChI is InChI=1S/C13H9N3O3/c17-15-9-3-1-8(2-4-9)13-14-11-7-10(16-18)5-6-12(11)19-13/h1-7,16,18H. The van der Waals surface area contributed by atoms with Crippen LogP contribution in [0.25, 0.3) is 22.6 Å². The summed E-state index contributed by atoms with van der Waals surface area (Å²) in [6, 6.07) is 11.7. The highest BCUT2D eigenvalue weighted by atomic mass is 16.5. The van der Waals surface area contributed by atoms with Crippen LogP contribution in [-0.4, -0.2) is 10.2 Å². The average molecular weight is 255 g/mol. The first-order valence-electron chi connectivity index (χ1n) is 5.54. The molecule has 0 saturated carbocycles. The molecule has 1 heterocycles.